The maximum Gasteiger partial charge on any atom is 0.330 e. The first-order chi connectivity index (χ1) is 16.2. The molecule has 176 valence electrons. The first-order valence-corrected chi connectivity index (χ1v) is 11.6. The molecule has 0 saturated carbocycles. The third kappa shape index (κ3) is 4.00. The molecule has 0 radical (unpaired) electrons. The first-order valence-electron chi connectivity index (χ1n) is 11.6. The number of benzene rings is 1. The van der Waals surface area contributed by atoms with Crippen molar-refractivity contribution in [1.29, 1.82) is 0 Å². The summed E-state index contributed by atoms with van der Waals surface area (Å²) in [5.74, 6) is 1.50. The third-order valence-electron chi connectivity index (χ3n) is 6.21. The van der Waals surface area contributed by atoms with Crippen molar-refractivity contribution in [1.82, 2.24) is 19.1 Å². The van der Waals surface area contributed by atoms with E-state index in [-0.39, 0.29) is 17.1 Å². The van der Waals surface area contributed by atoms with E-state index in [1.165, 1.54) is 5.56 Å². The zero-order valence-corrected chi connectivity index (χ0v) is 20.1. The summed E-state index contributed by atoms with van der Waals surface area (Å²) in [4.78, 5) is 24.6. The molecule has 34 heavy (non-hydrogen) atoms. The highest BCUT2D eigenvalue weighted by Gasteiger charge is 2.27. The standard InChI is InChI=1S/C26H31N7O/c1-26(2,3)16-33-21-11-12-22(30-24(21)31(4)25(33)34)32-15-18(14-17-8-5-6-10-20(17)32)29-23-19(27)9-7-13-28-23/h5-13,18H,14-16,27H2,1-4H3,(H,28,29). The maximum atomic E-state index is 13.0. The average molecular weight is 458 g/mol. The van der Waals surface area contributed by atoms with Crippen LogP contribution in [0, 0.1) is 5.41 Å². The number of nitrogens with zero attached hydrogens (tertiary/aromatic N) is 5. The Morgan fingerprint density at radius 2 is 1.91 bits per heavy atom. The number of anilines is 4. The number of rotatable bonds is 4. The van der Waals surface area contributed by atoms with E-state index in [4.69, 9.17) is 10.7 Å². The third-order valence-corrected chi connectivity index (χ3v) is 6.21. The lowest BCUT2D eigenvalue weighted by molar-refractivity contribution is 0.342. The minimum absolute atomic E-state index is 0.0190. The minimum atomic E-state index is -0.0428. The smallest absolute Gasteiger partial charge is 0.330 e. The van der Waals surface area contributed by atoms with E-state index in [0.717, 1.165) is 23.4 Å². The lowest BCUT2D eigenvalue weighted by Crippen LogP contribution is -2.40. The number of pyridine rings is 2. The molecule has 5 rings (SSSR count). The summed E-state index contributed by atoms with van der Waals surface area (Å²) in [5.41, 5.74) is 10.6. The molecule has 1 atom stereocenters. The van der Waals surface area contributed by atoms with E-state index in [0.29, 0.717) is 30.2 Å². The Balaban J connectivity index is 1.55. The number of hydrogen-bond donors (Lipinski definition) is 2. The van der Waals surface area contributed by atoms with E-state index >= 15 is 0 Å². The van der Waals surface area contributed by atoms with Gasteiger partial charge in [0.2, 0.25) is 0 Å². The van der Waals surface area contributed by atoms with Crippen LogP contribution < -0.4 is 21.6 Å². The highest BCUT2D eigenvalue weighted by molar-refractivity contribution is 5.77. The van der Waals surface area contributed by atoms with Crippen LogP contribution in [0.5, 0.6) is 0 Å². The first kappa shape index (κ1) is 22.0. The summed E-state index contributed by atoms with van der Waals surface area (Å²) >= 11 is 0. The lowest BCUT2D eigenvalue weighted by Gasteiger charge is -2.36. The van der Waals surface area contributed by atoms with Crippen molar-refractivity contribution in [2.45, 2.75) is 39.8 Å². The average Bonchev–Trinajstić information content (AvgIpc) is 3.03. The largest absolute Gasteiger partial charge is 0.396 e. The van der Waals surface area contributed by atoms with Crippen LogP contribution in [0.1, 0.15) is 26.3 Å². The zero-order chi connectivity index (χ0) is 24.0. The summed E-state index contributed by atoms with van der Waals surface area (Å²) in [7, 11) is 1.79. The second-order valence-electron chi connectivity index (χ2n) is 10.2. The fourth-order valence-corrected chi connectivity index (χ4v) is 4.68. The van der Waals surface area contributed by atoms with Crippen molar-refractivity contribution in [2.75, 3.05) is 22.5 Å². The van der Waals surface area contributed by atoms with Crippen LogP contribution in [0.25, 0.3) is 11.2 Å². The highest BCUT2D eigenvalue weighted by atomic mass is 16.1. The molecule has 0 saturated heterocycles. The quantitative estimate of drug-likeness (QED) is 0.482. The van der Waals surface area contributed by atoms with Crippen molar-refractivity contribution in [3.63, 3.8) is 0 Å². The summed E-state index contributed by atoms with van der Waals surface area (Å²) in [5, 5.41) is 3.51. The number of imidazole rings is 1. The van der Waals surface area contributed by atoms with Crippen molar-refractivity contribution in [3.05, 3.63) is 70.8 Å². The minimum Gasteiger partial charge on any atom is -0.396 e. The molecular weight excluding hydrogens is 426 g/mol. The Hall–Kier alpha value is -3.81. The summed E-state index contributed by atoms with van der Waals surface area (Å²) in [6.45, 7) is 7.72. The van der Waals surface area contributed by atoms with Crippen LogP contribution in [-0.4, -0.2) is 31.7 Å². The molecule has 8 nitrogen and oxygen atoms in total. The van der Waals surface area contributed by atoms with Gasteiger partial charge in [0, 0.05) is 38.1 Å². The number of aryl methyl sites for hydroxylation is 1. The molecule has 1 aliphatic heterocycles. The normalized spacial score (nSPS) is 16.0. The number of hydrogen-bond acceptors (Lipinski definition) is 6. The van der Waals surface area contributed by atoms with Gasteiger partial charge in [-0.2, -0.15) is 0 Å². The van der Waals surface area contributed by atoms with Crippen LogP contribution in [0.4, 0.5) is 23.0 Å². The Kier molecular flexibility index (Phi) is 5.31. The van der Waals surface area contributed by atoms with Crippen LogP contribution in [0.2, 0.25) is 0 Å². The second-order valence-corrected chi connectivity index (χ2v) is 10.2. The molecule has 1 unspecified atom stereocenters. The molecule has 0 spiro atoms. The molecule has 3 N–H and O–H groups in total. The summed E-state index contributed by atoms with van der Waals surface area (Å²) < 4.78 is 3.47. The lowest BCUT2D eigenvalue weighted by atomic mass is 9.97. The molecule has 0 fully saturated rings. The van der Waals surface area contributed by atoms with Crippen LogP contribution >= 0.6 is 0 Å². The Morgan fingerprint density at radius 3 is 2.68 bits per heavy atom. The molecule has 4 aromatic rings. The van der Waals surface area contributed by atoms with Crippen LogP contribution in [0.3, 0.4) is 0 Å². The monoisotopic (exact) mass is 457 g/mol. The van der Waals surface area contributed by atoms with E-state index < -0.39 is 0 Å². The number of fused-ring (bicyclic) bond motifs is 2. The van der Waals surface area contributed by atoms with Gasteiger partial charge in [0.15, 0.2) is 5.65 Å². The zero-order valence-electron chi connectivity index (χ0n) is 20.1. The van der Waals surface area contributed by atoms with Crippen molar-refractivity contribution < 1.29 is 0 Å². The Labute approximate surface area is 199 Å². The molecule has 8 heteroatoms. The molecule has 1 aliphatic rings. The number of para-hydroxylation sites is 1. The maximum absolute atomic E-state index is 13.0. The van der Waals surface area contributed by atoms with Gasteiger partial charge < -0.3 is 16.0 Å². The predicted molar refractivity (Wildman–Crippen MR) is 138 cm³/mol. The number of aromatic nitrogens is 4. The number of nitrogen functional groups attached to an aromatic ring is 1. The molecule has 0 aliphatic carbocycles. The number of nitrogens with two attached hydrogens (primary N) is 1. The molecule has 1 aromatic carbocycles. The molecule has 0 amide bonds. The highest BCUT2D eigenvalue weighted by Crippen LogP contribution is 2.34. The summed E-state index contributed by atoms with van der Waals surface area (Å²) in [6.07, 6.45) is 2.59. The van der Waals surface area contributed by atoms with E-state index in [1.807, 2.05) is 34.9 Å². The van der Waals surface area contributed by atoms with Gasteiger partial charge in [-0.1, -0.05) is 39.0 Å². The van der Waals surface area contributed by atoms with Gasteiger partial charge in [-0.15, -0.1) is 0 Å². The van der Waals surface area contributed by atoms with Gasteiger partial charge in [-0.25, -0.2) is 14.8 Å². The van der Waals surface area contributed by atoms with Gasteiger partial charge in [0.25, 0.3) is 0 Å². The molecular formula is C26H31N7O. The number of nitrogens with one attached hydrogen (secondary N) is 1. The predicted octanol–water partition coefficient (Wildman–Crippen LogP) is 3.93. The van der Waals surface area contributed by atoms with E-state index in [2.05, 4.69) is 54.2 Å². The molecule has 3 aromatic heterocycles. The fourth-order valence-electron chi connectivity index (χ4n) is 4.68. The molecule has 4 heterocycles. The van der Waals surface area contributed by atoms with Crippen LogP contribution in [-0.2, 0) is 20.0 Å². The SMILES string of the molecule is Cn1c(=O)n(CC(C)(C)C)c2ccc(N3CC(Nc4ncccc4N)Cc4ccccc43)nc21. The van der Waals surface area contributed by atoms with Gasteiger partial charge in [0.1, 0.15) is 11.6 Å². The van der Waals surface area contributed by atoms with Crippen molar-refractivity contribution >= 4 is 34.2 Å². The Morgan fingerprint density at radius 1 is 1.12 bits per heavy atom. The van der Waals surface area contributed by atoms with E-state index in [1.54, 1.807) is 17.8 Å². The van der Waals surface area contributed by atoms with Gasteiger partial charge >= 0.3 is 5.69 Å². The van der Waals surface area contributed by atoms with Gasteiger partial charge in [-0.05, 0) is 47.7 Å². The Bertz CT molecular complexity index is 1410. The van der Waals surface area contributed by atoms with E-state index in [9.17, 15) is 4.79 Å². The van der Waals surface area contributed by atoms with Gasteiger partial charge in [-0.3, -0.25) is 9.13 Å². The van der Waals surface area contributed by atoms with Crippen LogP contribution in [0.15, 0.2) is 59.5 Å². The summed E-state index contributed by atoms with van der Waals surface area (Å²) in [6, 6.07) is 16.2. The van der Waals surface area contributed by atoms with Crippen molar-refractivity contribution in [2.24, 2.45) is 12.5 Å². The topological polar surface area (TPSA) is 94.0 Å². The van der Waals surface area contributed by atoms with Gasteiger partial charge in [0.05, 0.1) is 11.2 Å². The molecule has 0 bridgehead atoms. The second kappa shape index (κ2) is 8.20. The van der Waals surface area contributed by atoms with Crippen molar-refractivity contribution in [3.8, 4) is 0 Å². The fraction of sp³-hybridized carbons (Fsp3) is 0.346.